The quantitative estimate of drug-likeness (QED) is 0.703. The van der Waals surface area contributed by atoms with E-state index in [2.05, 4.69) is 31.3 Å². The fraction of sp³-hybridized carbons (Fsp3) is 0.722. The monoisotopic (exact) mass is 340 g/mol. The third-order valence-corrected chi connectivity index (χ3v) is 4.96. The SMILES string of the molecule is CCc1ccc(C(C)NCCCN(CC)C(=O)OC(C)(C)C)s1. The van der Waals surface area contributed by atoms with E-state index in [1.54, 1.807) is 4.90 Å². The zero-order valence-electron chi connectivity index (χ0n) is 15.4. The molecule has 1 atom stereocenters. The molecule has 1 rings (SSSR count). The molecule has 1 heterocycles. The molecule has 1 unspecified atom stereocenters. The largest absolute Gasteiger partial charge is 0.444 e. The predicted molar refractivity (Wildman–Crippen MR) is 98.2 cm³/mol. The van der Waals surface area contributed by atoms with Crippen LogP contribution in [0, 0.1) is 0 Å². The van der Waals surface area contributed by atoms with Gasteiger partial charge in [0.2, 0.25) is 0 Å². The van der Waals surface area contributed by atoms with Crippen LogP contribution in [-0.4, -0.2) is 36.2 Å². The van der Waals surface area contributed by atoms with Crippen LogP contribution in [-0.2, 0) is 11.2 Å². The molecule has 1 aromatic heterocycles. The molecule has 1 N–H and O–H groups in total. The first-order chi connectivity index (χ1) is 10.8. The first-order valence-electron chi connectivity index (χ1n) is 8.56. The van der Waals surface area contributed by atoms with Crippen LogP contribution in [0.3, 0.4) is 0 Å². The Labute approximate surface area is 145 Å². The van der Waals surface area contributed by atoms with Gasteiger partial charge in [-0.2, -0.15) is 0 Å². The van der Waals surface area contributed by atoms with Gasteiger partial charge < -0.3 is 15.0 Å². The number of rotatable bonds is 8. The van der Waals surface area contributed by atoms with Gasteiger partial charge in [0, 0.05) is 28.9 Å². The number of thiophene rings is 1. The number of nitrogens with zero attached hydrogens (tertiary/aromatic N) is 1. The Morgan fingerprint density at radius 1 is 1.35 bits per heavy atom. The highest BCUT2D eigenvalue weighted by Crippen LogP contribution is 2.23. The number of nitrogens with one attached hydrogen (secondary N) is 1. The lowest BCUT2D eigenvalue weighted by Gasteiger charge is -2.26. The molecule has 0 aliphatic rings. The van der Waals surface area contributed by atoms with Crippen molar-refractivity contribution in [3.05, 3.63) is 21.9 Å². The first-order valence-corrected chi connectivity index (χ1v) is 9.38. The second-order valence-electron chi connectivity index (χ2n) is 6.75. The van der Waals surface area contributed by atoms with Gasteiger partial charge in [-0.1, -0.05) is 6.92 Å². The number of amides is 1. The maximum Gasteiger partial charge on any atom is 0.410 e. The molecule has 0 spiro atoms. The average Bonchev–Trinajstić information content (AvgIpc) is 2.94. The Morgan fingerprint density at radius 3 is 2.57 bits per heavy atom. The Morgan fingerprint density at radius 2 is 2.04 bits per heavy atom. The number of carbonyl (C=O) groups excluding carboxylic acids is 1. The molecule has 0 saturated carbocycles. The van der Waals surface area contributed by atoms with Crippen LogP contribution in [0.1, 0.15) is 63.8 Å². The third-order valence-electron chi connectivity index (χ3n) is 3.55. The van der Waals surface area contributed by atoms with E-state index in [9.17, 15) is 4.79 Å². The summed E-state index contributed by atoms with van der Waals surface area (Å²) < 4.78 is 5.42. The third kappa shape index (κ3) is 7.36. The van der Waals surface area contributed by atoms with Crippen molar-refractivity contribution in [1.29, 1.82) is 0 Å². The molecule has 1 aromatic rings. The number of hydrogen-bond donors (Lipinski definition) is 1. The van der Waals surface area contributed by atoms with Crippen molar-refractivity contribution in [2.75, 3.05) is 19.6 Å². The van der Waals surface area contributed by atoms with Gasteiger partial charge in [0.05, 0.1) is 0 Å². The molecule has 1 amide bonds. The Hall–Kier alpha value is -1.07. The fourth-order valence-corrected chi connectivity index (χ4v) is 3.19. The predicted octanol–water partition coefficient (Wildman–Crippen LogP) is 4.61. The molecule has 0 radical (unpaired) electrons. The van der Waals surface area contributed by atoms with Gasteiger partial charge in [-0.15, -0.1) is 11.3 Å². The number of ether oxygens (including phenoxy) is 1. The highest BCUT2D eigenvalue weighted by molar-refractivity contribution is 7.12. The summed E-state index contributed by atoms with van der Waals surface area (Å²) in [5.41, 5.74) is -0.437. The number of aryl methyl sites for hydroxylation is 1. The Kier molecular flexibility index (Phi) is 8.06. The molecular formula is C18H32N2O2S. The van der Waals surface area contributed by atoms with E-state index in [0.717, 1.165) is 25.9 Å². The van der Waals surface area contributed by atoms with Crippen LogP contribution < -0.4 is 5.32 Å². The second-order valence-corrected chi connectivity index (χ2v) is 7.95. The van der Waals surface area contributed by atoms with Crippen molar-refractivity contribution < 1.29 is 9.53 Å². The summed E-state index contributed by atoms with van der Waals surface area (Å²) in [6.45, 7) is 14.3. The lowest BCUT2D eigenvalue weighted by atomic mass is 10.2. The molecule has 0 bridgehead atoms. The van der Waals surface area contributed by atoms with E-state index in [4.69, 9.17) is 4.74 Å². The van der Waals surface area contributed by atoms with E-state index in [0.29, 0.717) is 12.6 Å². The van der Waals surface area contributed by atoms with Crippen LogP contribution in [0.25, 0.3) is 0 Å². The molecule has 132 valence electrons. The number of hydrogen-bond acceptors (Lipinski definition) is 4. The molecular weight excluding hydrogens is 308 g/mol. The second kappa shape index (κ2) is 9.28. The van der Waals surface area contributed by atoms with Crippen molar-refractivity contribution in [2.45, 2.75) is 66.0 Å². The van der Waals surface area contributed by atoms with Crippen molar-refractivity contribution >= 4 is 17.4 Å². The summed E-state index contributed by atoms with van der Waals surface area (Å²) in [4.78, 5) is 16.6. The highest BCUT2D eigenvalue weighted by Gasteiger charge is 2.20. The topological polar surface area (TPSA) is 41.6 Å². The van der Waals surface area contributed by atoms with E-state index < -0.39 is 5.60 Å². The average molecular weight is 341 g/mol. The Balaban J connectivity index is 2.33. The minimum Gasteiger partial charge on any atom is -0.444 e. The van der Waals surface area contributed by atoms with E-state index >= 15 is 0 Å². The highest BCUT2D eigenvalue weighted by atomic mass is 32.1. The van der Waals surface area contributed by atoms with Crippen LogP contribution in [0.15, 0.2) is 12.1 Å². The van der Waals surface area contributed by atoms with Crippen LogP contribution in [0.4, 0.5) is 4.79 Å². The Bertz CT molecular complexity index is 480. The van der Waals surface area contributed by atoms with Gasteiger partial charge in [0.15, 0.2) is 0 Å². The van der Waals surface area contributed by atoms with Crippen LogP contribution in [0.5, 0.6) is 0 Å². The van der Waals surface area contributed by atoms with E-state index in [1.165, 1.54) is 9.75 Å². The van der Waals surface area contributed by atoms with Crippen molar-refractivity contribution in [3.8, 4) is 0 Å². The molecule has 23 heavy (non-hydrogen) atoms. The maximum atomic E-state index is 12.1. The van der Waals surface area contributed by atoms with E-state index in [1.807, 2.05) is 39.0 Å². The summed E-state index contributed by atoms with van der Waals surface area (Å²) in [5.74, 6) is 0. The number of carbonyl (C=O) groups is 1. The van der Waals surface area contributed by atoms with Crippen LogP contribution >= 0.6 is 11.3 Å². The summed E-state index contributed by atoms with van der Waals surface area (Å²) in [5, 5.41) is 3.53. The van der Waals surface area contributed by atoms with Gasteiger partial charge in [0.1, 0.15) is 5.60 Å². The molecule has 0 fully saturated rings. The van der Waals surface area contributed by atoms with E-state index in [-0.39, 0.29) is 6.09 Å². The summed E-state index contributed by atoms with van der Waals surface area (Å²) >= 11 is 1.87. The lowest BCUT2D eigenvalue weighted by Crippen LogP contribution is -2.38. The zero-order chi connectivity index (χ0) is 17.5. The van der Waals surface area contributed by atoms with Gasteiger partial charge in [0.25, 0.3) is 0 Å². The smallest absolute Gasteiger partial charge is 0.410 e. The molecule has 0 aromatic carbocycles. The normalized spacial score (nSPS) is 13.0. The van der Waals surface area contributed by atoms with Gasteiger partial charge >= 0.3 is 6.09 Å². The van der Waals surface area contributed by atoms with Crippen LogP contribution in [0.2, 0.25) is 0 Å². The van der Waals surface area contributed by atoms with Crippen molar-refractivity contribution in [3.63, 3.8) is 0 Å². The van der Waals surface area contributed by atoms with Gasteiger partial charge in [-0.3, -0.25) is 0 Å². The summed E-state index contributed by atoms with van der Waals surface area (Å²) in [7, 11) is 0. The van der Waals surface area contributed by atoms with Gasteiger partial charge in [-0.05, 0) is 66.1 Å². The summed E-state index contributed by atoms with van der Waals surface area (Å²) in [6, 6.07) is 4.77. The minimum atomic E-state index is -0.437. The van der Waals surface area contributed by atoms with Crippen molar-refractivity contribution in [1.82, 2.24) is 10.2 Å². The van der Waals surface area contributed by atoms with Crippen molar-refractivity contribution in [2.24, 2.45) is 0 Å². The first kappa shape index (κ1) is 20.0. The molecule has 0 aliphatic carbocycles. The lowest BCUT2D eigenvalue weighted by molar-refractivity contribution is 0.0258. The molecule has 4 nitrogen and oxygen atoms in total. The zero-order valence-corrected chi connectivity index (χ0v) is 16.3. The standard InChI is InChI=1S/C18H32N2O2S/c1-7-15-10-11-16(23-15)14(3)19-12-9-13-20(8-2)17(21)22-18(4,5)6/h10-11,14,19H,7-9,12-13H2,1-6H3. The minimum absolute atomic E-state index is 0.223. The summed E-state index contributed by atoms with van der Waals surface area (Å²) in [6.07, 6.45) is 1.79. The molecule has 0 aliphatic heterocycles. The fourth-order valence-electron chi connectivity index (χ4n) is 2.21. The molecule has 5 heteroatoms. The molecule has 0 saturated heterocycles. The maximum absolute atomic E-state index is 12.1. The van der Waals surface area contributed by atoms with Gasteiger partial charge in [-0.25, -0.2) is 4.79 Å².